The number of benzene rings is 1. The largest absolute Gasteiger partial charge is 0.493 e. The zero-order valence-electron chi connectivity index (χ0n) is 12.8. The molecule has 1 aromatic rings. The van der Waals surface area contributed by atoms with E-state index in [0.29, 0.717) is 17.2 Å². The first-order chi connectivity index (χ1) is 10.1. The van der Waals surface area contributed by atoms with Crippen molar-refractivity contribution < 1.29 is 14.3 Å². The molecule has 0 radical (unpaired) electrons. The minimum absolute atomic E-state index is 0.192. The SMILES string of the molecule is COc1ccc(NC(=O)N[C@@H]2CCCN(C)C2)cc1OC. The summed E-state index contributed by atoms with van der Waals surface area (Å²) in [5.74, 6) is 1.23. The van der Waals surface area contributed by atoms with Crippen molar-refractivity contribution in [1.29, 1.82) is 0 Å². The molecule has 0 saturated carbocycles. The van der Waals surface area contributed by atoms with E-state index >= 15 is 0 Å². The van der Waals surface area contributed by atoms with E-state index in [-0.39, 0.29) is 12.1 Å². The van der Waals surface area contributed by atoms with E-state index in [9.17, 15) is 4.79 Å². The second-order valence-electron chi connectivity index (χ2n) is 5.27. The highest BCUT2D eigenvalue weighted by atomic mass is 16.5. The third-order valence-electron chi connectivity index (χ3n) is 3.60. The zero-order valence-corrected chi connectivity index (χ0v) is 12.8. The topological polar surface area (TPSA) is 62.8 Å². The Balaban J connectivity index is 1.93. The number of nitrogens with one attached hydrogen (secondary N) is 2. The number of nitrogens with zero attached hydrogens (tertiary/aromatic N) is 1. The van der Waals surface area contributed by atoms with Gasteiger partial charge in [0.15, 0.2) is 11.5 Å². The molecular formula is C15H23N3O3. The summed E-state index contributed by atoms with van der Waals surface area (Å²) in [5, 5.41) is 5.83. The predicted octanol–water partition coefficient (Wildman–Crippen LogP) is 1.92. The molecule has 1 atom stereocenters. The Morgan fingerprint density at radius 2 is 2.05 bits per heavy atom. The van der Waals surface area contributed by atoms with Gasteiger partial charge in [0.25, 0.3) is 0 Å². The molecule has 2 N–H and O–H groups in total. The first-order valence-corrected chi connectivity index (χ1v) is 7.10. The first kappa shape index (κ1) is 15.4. The number of urea groups is 1. The van der Waals surface area contributed by atoms with Crippen LogP contribution in [0.1, 0.15) is 12.8 Å². The van der Waals surface area contributed by atoms with Crippen LogP contribution in [0.4, 0.5) is 10.5 Å². The van der Waals surface area contributed by atoms with Crippen LogP contribution in [-0.2, 0) is 0 Å². The fraction of sp³-hybridized carbons (Fsp3) is 0.533. The number of methoxy groups -OCH3 is 2. The van der Waals surface area contributed by atoms with Crippen LogP contribution in [0, 0.1) is 0 Å². The van der Waals surface area contributed by atoms with Crippen molar-refractivity contribution in [2.45, 2.75) is 18.9 Å². The number of likely N-dealkylation sites (N-methyl/N-ethyl adjacent to an activating group) is 1. The molecule has 1 aliphatic rings. The molecule has 0 spiro atoms. The van der Waals surface area contributed by atoms with Crippen molar-refractivity contribution in [3.63, 3.8) is 0 Å². The Labute approximate surface area is 125 Å². The van der Waals surface area contributed by atoms with Crippen LogP contribution in [0.25, 0.3) is 0 Å². The number of piperidine rings is 1. The van der Waals surface area contributed by atoms with Gasteiger partial charge in [-0.1, -0.05) is 0 Å². The summed E-state index contributed by atoms with van der Waals surface area (Å²) in [6, 6.07) is 5.30. The van der Waals surface area contributed by atoms with Crippen molar-refractivity contribution in [2.24, 2.45) is 0 Å². The van der Waals surface area contributed by atoms with Gasteiger partial charge in [0.2, 0.25) is 0 Å². The second-order valence-corrected chi connectivity index (χ2v) is 5.27. The number of ether oxygens (including phenoxy) is 2. The second kappa shape index (κ2) is 7.17. The Morgan fingerprint density at radius 3 is 2.71 bits per heavy atom. The third kappa shape index (κ3) is 4.26. The maximum atomic E-state index is 12.0. The maximum absolute atomic E-state index is 12.0. The molecule has 2 rings (SSSR count). The van der Waals surface area contributed by atoms with Crippen molar-refractivity contribution in [3.05, 3.63) is 18.2 Å². The highest BCUT2D eigenvalue weighted by molar-refractivity contribution is 5.89. The molecule has 2 amide bonds. The molecule has 0 bridgehead atoms. The molecule has 1 aliphatic heterocycles. The average Bonchev–Trinajstić information content (AvgIpc) is 2.47. The first-order valence-electron chi connectivity index (χ1n) is 7.10. The fourth-order valence-electron chi connectivity index (χ4n) is 2.55. The van der Waals surface area contributed by atoms with Crippen molar-refractivity contribution in [3.8, 4) is 11.5 Å². The summed E-state index contributed by atoms with van der Waals surface area (Å²) in [7, 11) is 5.22. The van der Waals surface area contributed by atoms with Gasteiger partial charge < -0.3 is 25.0 Å². The maximum Gasteiger partial charge on any atom is 0.319 e. The van der Waals surface area contributed by atoms with Crippen molar-refractivity contribution >= 4 is 11.7 Å². The summed E-state index contributed by atoms with van der Waals surface area (Å²) >= 11 is 0. The van der Waals surface area contributed by atoms with Crippen LogP contribution in [-0.4, -0.2) is 51.3 Å². The van der Waals surface area contributed by atoms with E-state index in [1.165, 1.54) is 0 Å². The lowest BCUT2D eigenvalue weighted by Gasteiger charge is -2.30. The van der Waals surface area contributed by atoms with Gasteiger partial charge in [-0.15, -0.1) is 0 Å². The lowest BCUT2D eigenvalue weighted by molar-refractivity contribution is 0.216. The summed E-state index contributed by atoms with van der Waals surface area (Å²) in [4.78, 5) is 14.3. The number of carbonyl (C=O) groups excluding carboxylic acids is 1. The van der Waals surface area contributed by atoms with Crippen LogP contribution in [0.15, 0.2) is 18.2 Å². The molecule has 6 heteroatoms. The van der Waals surface area contributed by atoms with Crippen LogP contribution < -0.4 is 20.1 Å². The molecule has 6 nitrogen and oxygen atoms in total. The Kier molecular flexibility index (Phi) is 5.27. The third-order valence-corrected chi connectivity index (χ3v) is 3.60. The number of likely N-dealkylation sites (tertiary alicyclic amines) is 1. The number of hydrogen-bond acceptors (Lipinski definition) is 4. The molecular weight excluding hydrogens is 270 g/mol. The molecule has 0 unspecified atom stereocenters. The molecule has 1 fully saturated rings. The number of rotatable bonds is 4. The van der Waals surface area contributed by atoms with Gasteiger partial charge in [-0.3, -0.25) is 0 Å². The summed E-state index contributed by atoms with van der Waals surface area (Å²) in [6.45, 7) is 1.98. The highest BCUT2D eigenvalue weighted by Gasteiger charge is 2.19. The minimum atomic E-state index is -0.192. The quantitative estimate of drug-likeness (QED) is 0.890. The highest BCUT2D eigenvalue weighted by Crippen LogP contribution is 2.29. The fourth-order valence-corrected chi connectivity index (χ4v) is 2.55. The van der Waals surface area contributed by atoms with Gasteiger partial charge in [0, 0.05) is 24.3 Å². The normalized spacial score (nSPS) is 18.9. The molecule has 1 heterocycles. The summed E-state index contributed by atoms with van der Waals surface area (Å²) in [5.41, 5.74) is 0.675. The van der Waals surface area contributed by atoms with Crippen LogP contribution in [0.5, 0.6) is 11.5 Å². The number of amides is 2. The molecule has 0 aromatic heterocycles. The van der Waals surface area contributed by atoms with Crippen molar-refractivity contribution in [1.82, 2.24) is 10.2 Å². The molecule has 0 aliphatic carbocycles. The number of hydrogen-bond donors (Lipinski definition) is 2. The monoisotopic (exact) mass is 293 g/mol. The zero-order chi connectivity index (χ0) is 15.2. The van der Waals surface area contributed by atoms with Gasteiger partial charge in [0.1, 0.15) is 0 Å². The predicted molar refractivity (Wildman–Crippen MR) is 82.2 cm³/mol. The van der Waals surface area contributed by atoms with E-state index < -0.39 is 0 Å². The Bertz CT molecular complexity index is 493. The van der Waals surface area contributed by atoms with Crippen molar-refractivity contribution in [2.75, 3.05) is 39.7 Å². The average molecular weight is 293 g/mol. The van der Waals surface area contributed by atoms with Gasteiger partial charge >= 0.3 is 6.03 Å². The molecule has 1 aromatic carbocycles. The molecule has 116 valence electrons. The lowest BCUT2D eigenvalue weighted by atomic mass is 10.1. The standard InChI is InChI=1S/C15H23N3O3/c1-18-8-4-5-12(10-18)17-15(19)16-11-6-7-13(20-2)14(9-11)21-3/h6-7,9,12H,4-5,8,10H2,1-3H3,(H2,16,17,19)/t12-/m1/s1. The van der Waals surface area contributed by atoms with E-state index in [1.807, 2.05) is 0 Å². The smallest absolute Gasteiger partial charge is 0.319 e. The van der Waals surface area contributed by atoms with Gasteiger partial charge in [0.05, 0.1) is 14.2 Å². The Hall–Kier alpha value is -1.95. The number of carbonyl (C=O) groups is 1. The Morgan fingerprint density at radius 1 is 1.29 bits per heavy atom. The van der Waals surface area contributed by atoms with Crippen LogP contribution in [0.3, 0.4) is 0 Å². The summed E-state index contributed by atoms with van der Waals surface area (Å²) in [6.07, 6.45) is 2.13. The molecule has 1 saturated heterocycles. The van der Waals surface area contributed by atoms with Gasteiger partial charge in [-0.2, -0.15) is 0 Å². The molecule has 21 heavy (non-hydrogen) atoms. The van der Waals surface area contributed by atoms with Crippen LogP contribution >= 0.6 is 0 Å². The van der Waals surface area contributed by atoms with E-state index in [2.05, 4.69) is 22.6 Å². The lowest BCUT2D eigenvalue weighted by Crippen LogP contribution is -2.47. The summed E-state index contributed by atoms with van der Waals surface area (Å²) < 4.78 is 10.4. The van der Waals surface area contributed by atoms with E-state index in [1.54, 1.807) is 32.4 Å². The van der Waals surface area contributed by atoms with E-state index in [0.717, 1.165) is 25.9 Å². The van der Waals surface area contributed by atoms with E-state index in [4.69, 9.17) is 9.47 Å². The van der Waals surface area contributed by atoms with Crippen LogP contribution in [0.2, 0.25) is 0 Å². The van der Waals surface area contributed by atoms with Gasteiger partial charge in [-0.05, 0) is 38.6 Å². The number of anilines is 1. The van der Waals surface area contributed by atoms with Gasteiger partial charge in [-0.25, -0.2) is 4.79 Å². The minimum Gasteiger partial charge on any atom is -0.493 e.